The van der Waals surface area contributed by atoms with Crippen LogP contribution in [0.2, 0.25) is 0 Å². The number of aliphatic hydroxyl groups excluding tert-OH is 2. The average molecular weight is 490 g/mol. The van der Waals surface area contributed by atoms with Gasteiger partial charge in [-0.2, -0.15) is 0 Å². The molecule has 1 aromatic carbocycles. The van der Waals surface area contributed by atoms with Gasteiger partial charge in [-0.25, -0.2) is 15.0 Å². The molecule has 0 bridgehead atoms. The van der Waals surface area contributed by atoms with Crippen LogP contribution in [0.4, 0.5) is 0 Å². The number of β-amino-alcohol motifs (C(OH)–C–C–N with tert-alkyl or cyclic N) is 1. The van der Waals surface area contributed by atoms with Crippen LogP contribution >= 0.6 is 0 Å². The van der Waals surface area contributed by atoms with Crippen molar-refractivity contribution in [1.29, 1.82) is 0 Å². The van der Waals surface area contributed by atoms with E-state index < -0.39 is 0 Å². The van der Waals surface area contributed by atoms with E-state index in [0.717, 1.165) is 61.6 Å². The number of aromatic nitrogens is 4. The Kier molecular flexibility index (Phi) is 7.45. The van der Waals surface area contributed by atoms with Crippen LogP contribution in [0.3, 0.4) is 0 Å². The maximum atomic E-state index is 12.8. The highest BCUT2D eigenvalue weighted by atomic mass is 16.3. The number of hydrogen-bond acceptors (Lipinski definition) is 9. The SMILES string of the molecule is O=C1CC(c2ccc(-c3ncnc4nc[nH]c34)cc2)CC(O)=C1C=NCCN1CCN(CCO)CC1. The first-order valence-corrected chi connectivity index (χ1v) is 12.4. The molecule has 1 aliphatic carbocycles. The number of Topliss-reactive ketones (excluding diaryl/α,β-unsaturated/α-hetero) is 1. The maximum absolute atomic E-state index is 12.8. The Bertz CT molecular complexity index is 1260. The van der Waals surface area contributed by atoms with E-state index in [0.29, 0.717) is 30.6 Å². The summed E-state index contributed by atoms with van der Waals surface area (Å²) in [5, 5.41) is 19.7. The molecule has 0 radical (unpaired) electrons. The van der Waals surface area contributed by atoms with E-state index in [1.807, 2.05) is 24.3 Å². The van der Waals surface area contributed by atoms with Crippen LogP contribution in [-0.2, 0) is 4.79 Å². The lowest BCUT2D eigenvalue weighted by Crippen LogP contribution is -2.47. The molecular formula is C26H31N7O3. The van der Waals surface area contributed by atoms with Gasteiger partial charge in [0.1, 0.15) is 17.6 Å². The normalized spacial score (nSPS) is 20.1. The second-order valence-corrected chi connectivity index (χ2v) is 9.28. The fourth-order valence-corrected chi connectivity index (χ4v) is 4.92. The maximum Gasteiger partial charge on any atom is 0.181 e. The van der Waals surface area contributed by atoms with Gasteiger partial charge in [0.05, 0.1) is 30.7 Å². The topological polar surface area (TPSA) is 131 Å². The van der Waals surface area contributed by atoms with Crippen molar-refractivity contribution in [2.75, 3.05) is 52.4 Å². The number of piperazine rings is 1. The number of hydrogen-bond donors (Lipinski definition) is 3. The van der Waals surface area contributed by atoms with Crippen molar-refractivity contribution < 1.29 is 15.0 Å². The molecule has 10 nitrogen and oxygen atoms in total. The molecule has 0 saturated carbocycles. The summed E-state index contributed by atoms with van der Waals surface area (Å²) in [5.74, 6) is -0.0442. The first-order chi connectivity index (χ1) is 17.6. The minimum absolute atomic E-state index is 0.0727. The smallest absolute Gasteiger partial charge is 0.181 e. The highest BCUT2D eigenvalue weighted by molar-refractivity contribution is 6.14. The molecule has 1 fully saturated rings. The number of rotatable bonds is 8. The second-order valence-electron chi connectivity index (χ2n) is 9.28. The van der Waals surface area contributed by atoms with Crippen molar-refractivity contribution in [3.63, 3.8) is 0 Å². The number of allylic oxidation sites excluding steroid dienone is 2. The lowest BCUT2D eigenvalue weighted by Gasteiger charge is -2.33. The van der Waals surface area contributed by atoms with Crippen molar-refractivity contribution in [3.05, 3.63) is 53.8 Å². The van der Waals surface area contributed by atoms with E-state index >= 15 is 0 Å². The van der Waals surface area contributed by atoms with Crippen LogP contribution in [0.15, 0.2) is 53.2 Å². The van der Waals surface area contributed by atoms with Crippen LogP contribution in [0.1, 0.15) is 24.3 Å². The van der Waals surface area contributed by atoms with E-state index in [9.17, 15) is 9.90 Å². The van der Waals surface area contributed by atoms with Gasteiger partial charge in [0.2, 0.25) is 0 Å². The number of imidazole rings is 1. The predicted octanol–water partition coefficient (Wildman–Crippen LogP) is 1.96. The van der Waals surface area contributed by atoms with Gasteiger partial charge in [-0.05, 0) is 11.5 Å². The van der Waals surface area contributed by atoms with Gasteiger partial charge in [0, 0.05) is 63.9 Å². The summed E-state index contributed by atoms with van der Waals surface area (Å²) in [7, 11) is 0. The minimum Gasteiger partial charge on any atom is -0.511 e. The Hall–Kier alpha value is -3.47. The van der Waals surface area contributed by atoms with E-state index in [1.165, 1.54) is 6.33 Å². The highest BCUT2D eigenvalue weighted by Gasteiger charge is 2.28. The molecule has 0 amide bonds. The van der Waals surface area contributed by atoms with Crippen molar-refractivity contribution in [2.45, 2.75) is 18.8 Å². The first kappa shape index (κ1) is 24.2. The number of benzene rings is 1. The molecule has 0 spiro atoms. The number of carbonyl (C=O) groups is 1. The van der Waals surface area contributed by atoms with E-state index in [1.54, 1.807) is 12.5 Å². The Morgan fingerprint density at radius 2 is 1.78 bits per heavy atom. The molecule has 10 heteroatoms. The third-order valence-corrected chi connectivity index (χ3v) is 7.01. The van der Waals surface area contributed by atoms with Crippen molar-refractivity contribution in [2.24, 2.45) is 4.99 Å². The largest absolute Gasteiger partial charge is 0.511 e. The van der Waals surface area contributed by atoms with Gasteiger partial charge in [0.25, 0.3) is 0 Å². The lowest BCUT2D eigenvalue weighted by molar-refractivity contribution is -0.116. The number of carbonyl (C=O) groups excluding carboxylic acids is 1. The highest BCUT2D eigenvalue weighted by Crippen LogP contribution is 2.34. The molecule has 2 aromatic heterocycles. The van der Waals surface area contributed by atoms with Crippen LogP contribution in [0.5, 0.6) is 0 Å². The molecule has 1 unspecified atom stereocenters. The molecule has 3 aromatic rings. The molecule has 36 heavy (non-hydrogen) atoms. The third kappa shape index (κ3) is 5.35. The molecule has 3 heterocycles. The molecule has 1 atom stereocenters. The Morgan fingerprint density at radius 3 is 2.50 bits per heavy atom. The second kappa shape index (κ2) is 11.1. The van der Waals surface area contributed by atoms with Crippen LogP contribution in [0, 0.1) is 0 Å². The Morgan fingerprint density at radius 1 is 1.03 bits per heavy atom. The molecule has 188 valence electrons. The number of aliphatic imine (C=N–C) groups is 1. The zero-order valence-corrected chi connectivity index (χ0v) is 20.2. The summed E-state index contributed by atoms with van der Waals surface area (Å²) in [4.78, 5) is 37.6. The number of ketones is 1. The molecule has 1 saturated heterocycles. The van der Waals surface area contributed by atoms with Crippen LogP contribution < -0.4 is 0 Å². The zero-order valence-electron chi connectivity index (χ0n) is 20.2. The van der Waals surface area contributed by atoms with Crippen LogP contribution in [-0.4, -0.2) is 104 Å². The Labute approximate surface area is 209 Å². The van der Waals surface area contributed by atoms with E-state index in [-0.39, 0.29) is 24.1 Å². The van der Waals surface area contributed by atoms with Gasteiger partial charge < -0.3 is 15.2 Å². The monoisotopic (exact) mass is 489 g/mol. The predicted molar refractivity (Wildman–Crippen MR) is 137 cm³/mol. The summed E-state index contributed by atoms with van der Waals surface area (Å²) >= 11 is 0. The number of fused-ring (bicyclic) bond motifs is 1. The summed E-state index contributed by atoms with van der Waals surface area (Å²) in [6, 6.07) is 7.93. The fourth-order valence-electron chi connectivity index (χ4n) is 4.92. The number of aliphatic hydroxyl groups is 2. The van der Waals surface area contributed by atoms with Crippen molar-refractivity contribution >= 4 is 23.2 Å². The number of H-pyrrole nitrogens is 1. The van der Waals surface area contributed by atoms with Gasteiger partial charge in [-0.3, -0.25) is 19.6 Å². The summed E-state index contributed by atoms with van der Waals surface area (Å²) in [6.07, 6.45) is 5.40. The third-order valence-electron chi connectivity index (χ3n) is 7.01. The summed E-state index contributed by atoms with van der Waals surface area (Å²) < 4.78 is 0. The van der Waals surface area contributed by atoms with Gasteiger partial charge >= 0.3 is 0 Å². The van der Waals surface area contributed by atoms with Gasteiger partial charge in [0.15, 0.2) is 11.4 Å². The van der Waals surface area contributed by atoms with Crippen LogP contribution in [0.25, 0.3) is 22.4 Å². The average Bonchev–Trinajstić information content (AvgIpc) is 3.38. The zero-order chi connectivity index (χ0) is 24.9. The summed E-state index contributed by atoms with van der Waals surface area (Å²) in [5.41, 5.74) is 4.44. The Balaban J connectivity index is 1.18. The lowest BCUT2D eigenvalue weighted by atomic mass is 9.82. The number of nitrogens with one attached hydrogen (secondary N) is 1. The van der Waals surface area contributed by atoms with E-state index in [2.05, 4.69) is 34.7 Å². The van der Waals surface area contributed by atoms with Crippen molar-refractivity contribution in [1.82, 2.24) is 29.7 Å². The number of aromatic amines is 1. The molecule has 1 aliphatic heterocycles. The quantitative estimate of drug-likeness (QED) is 0.409. The van der Waals surface area contributed by atoms with E-state index in [4.69, 9.17) is 5.11 Å². The van der Waals surface area contributed by atoms with Crippen molar-refractivity contribution in [3.8, 4) is 11.3 Å². The summed E-state index contributed by atoms with van der Waals surface area (Å²) in [6.45, 7) is 6.12. The number of nitrogens with zero attached hydrogens (tertiary/aromatic N) is 6. The molecular weight excluding hydrogens is 458 g/mol. The van der Waals surface area contributed by atoms with Gasteiger partial charge in [-0.1, -0.05) is 24.3 Å². The minimum atomic E-state index is -0.0795. The first-order valence-electron chi connectivity index (χ1n) is 12.4. The molecule has 2 aliphatic rings. The molecule has 3 N–H and O–H groups in total. The molecule has 5 rings (SSSR count). The standard InChI is InChI=1S/C26H31N7O3/c34-12-11-33-9-7-32(8-10-33)6-5-27-15-21-22(35)13-20(14-23(21)36)18-1-3-19(4-2-18)24-25-26(30-16-28-24)31-17-29-25/h1-4,15-17,20,34-35H,5-14H2,(H,28,29,30,31). The van der Waals surface area contributed by atoms with Gasteiger partial charge in [-0.15, -0.1) is 0 Å². The fraction of sp³-hybridized carbons (Fsp3) is 0.423.